The molecule has 0 unspecified atom stereocenters. The zero-order valence-corrected chi connectivity index (χ0v) is 11.7. The molecule has 0 saturated heterocycles. The first-order chi connectivity index (χ1) is 7.91. The van der Waals surface area contributed by atoms with Gasteiger partial charge in [0.15, 0.2) is 0 Å². The Hall–Kier alpha value is -0.450. The zero-order chi connectivity index (χ0) is 13.0. The van der Waals surface area contributed by atoms with Crippen molar-refractivity contribution in [3.8, 4) is 0 Å². The number of hydrogen-bond acceptors (Lipinski definition) is 2. The van der Waals surface area contributed by atoms with Gasteiger partial charge in [-0.15, -0.1) is 0 Å². The number of benzene rings is 1. The maximum absolute atomic E-state index is 13.5. The summed E-state index contributed by atoms with van der Waals surface area (Å²) >= 11 is 13.6. The second-order valence-corrected chi connectivity index (χ2v) is 5.08. The van der Waals surface area contributed by atoms with E-state index in [0.717, 1.165) is 0 Å². The van der Waals surface area contributed by atoms with Crippen molar-refractivity contribution >= 4 is 49.6 Å². The molecule has 0 spiro atoms. The Morgan fingerprint density at radius 1 is 1.29 bits per heavy atom. The molecule has 1 aromatic rings. The highest BCUT2D eigenvalue weighted by atomic mass is 79.9. The van der Waals surface area contributed by atoms with Crippen molar-refractivity contribution < 1.29 is 14.0 Å². The van der Waals surface area contributed by atoms with Gasteiger partial charge in [-0.25, -0.2) is 4.39 Å². The smallest absolute Gasteiger partial charge is 0.255 e. The van der Waals surface area contributed by atoms with E-state index in [1.807, 2.05) is 0 Å². The molecule has 0 atom stereocenters. The molecule has 0 saturated carbocycles. The second-order valence-electron chi connectivity index (χ2n) is 3.40. The van der Waals surface area contributed by atoms with Gasteiger partial charge in [-0.1, -0.05) is 15.9 Å². The van der Waals surface area contributed by atoms with Gasteiger partial charge in [-0.05, 0) is 53.7 Å². The van der Waals surface area contributed by atoms with Gasteiger partial charge in [0.05, 0.1) is 5.56 Å². The third-order valence-corrected chi connectivity index (χ3v) is 2.99. The SMILES string of the molecule is O=C(Cl)CCCc1cc(Br)cc(F)c1C(=O)Cl. The normalized spacial score (nSPS) is 10.4. The molecule has 0 aliphatic rings. The Morgan fingerprint density at radius 3 is 2.47 bits per heavy atom. The Labute approximate surface area is 116 Å². The van der Waals surface area contributed by atoms with Crippen molar-refractivity contribution in [1.29, 1.82) is 0 Å². The molecule has 2 nitrogen and oxygen atoms in total. The van der Waals surface area contributed by atoms with Crippen molar-refractivity contribution in [2.24, 2.45) is 0 Å². The highest BCUT2D eigenvalue weighted by Gasteiger charge is 2.16. The first-order valence-electron chi connectivity index (χ1n) is 4.78. The van der Waals surface area contributed by atoms with E-state index < -0.39 is 16.3 Å². The maximum atomic E-state index is 13.5. The van der Waals surface area contributed by atoms with Crippen LogP contribution in [0.2, 0.25) is 0 Å². The fourth-order valence-corrected chi connectivity index (χ4v) is 2.28. The number of carbonyl (C=O) groups is 2. The van der Waals surface area contributed by atoms with Crippen LogP contribution in [-0.2, 0) is 11.2 Å². The lowest BCUT2D eigenvalue weighted by Gasteiger charge is -2.07. The number of carbonyl (C=O) groups excluding carboxylic acids is 2. The van der Waals surface area contributed by atoms with Gasteiger partial charge < -0.3 is 0 Å². The van der Waals surface area contributed by atoms with Crippen molar-refractivity contribution in [3.63, 3.8) is 0 Å². The third-order valence-electron chi connectivity index (χ3n) is 2.15. The van der Waals surface area contributed by atoms with E-state index in [0.29, 0.717) is 22.9 Å². The van der Waals surface area contributed by atoms with Crippen LogP contribution in [0.1, 0.15) is 28.8 Å². The Morgan fingerprint density at radius 2 is 1.94 bits per heavy atom. The zero-order valence-electron chi connectivity index (χ0n) is 8.60. The van der Waals surface area contributed by atoms with E-state index in [4.69, 9.17) is 23.2 Å². The molecule has 1 rings (SSSR count). The van der Waals surface area contributed by atoms with Crippen LogP contribution in [0, 0.1) is 5.82 Å². The Kier molecular flexibility index (Phi) is 5.56. The fourth-order valence-electron chi connectivity index (χ4n) is 1.46. The minimum absolute atomic E-state index is 0.142. The number of aryl methyl sites for hydroxylation is 1. The summed E-state index contributed by atoms with van der Waals surface area (Å²) in [6.45, 7) is 0. The maximum Gasteiger partial charge on any atom is 0.255 e. The molecule has 92 valence electrons. The second kappa shape index (κ2) is 6.47. The molecule has 0 N–H and O–H groups in total. The molecule has 0 heterocycles. The van der Waals surface area contributed by atoms with Gasteiger partial charge in [0.2, 0.25) is 5.24 Å². The average molecular weight is 342 g/mol. The lowest BCUT2D eigenvalue weighted by molar-refractivity contribution is -0.111. The van der Waals surface area contributed by atoms with Crippen LogP contribution < -0.4 is 0 Å². The predicted octanol–water partition coefficient (Wildman–Crippen LogP) is 4.06. The molecule has 0 aliphatic carbocycles. The van der Waals surface area contributed by atoms with E-state index in [9.17, 15) is 14.0 Å². The highest BCUT2D eigenvalue weighted by molar-refractivity contribution is 9.10. The Balaban J connectivity index is 2.96. The third kappa shape index (κ3) is 4.37. The van der Waals surface area contributed by atoms with E-state index in [1.54, 1.807) is 6.07 Å². The largest absolute Gasteiger partial charge is 0.281 e. The van der Waals surface area contributed by atoms with Gasteiger partial charge in [0.25, 0.3) is 5.24 Å². The van der Waals surface area contributed by atoms with Gasteiger partial charge in [0, 0.05) is 10.9 Å². The first-order valence-corrected chi connectivity index (χ1v) is 6.32. The number of rotatable bonds is 5. The van der Waals surface area contributed by atoms with Crippen molar-refractivity contribution in [3.05, 3.63) is 33.5 Å². The Bertz CT molecular complexity index is 463. The molecular formula is C11H8BrCl2FO2. The van der Waals surface area contributed by atoms with E-state index in [1.165, 1.54) is 6.07 Å². The van der Waals surface area contributed by atoms with Gasteiger partial charge >= 0.3 is 0 Å². The van der Waals surface area contributed by atoms with Crippen LogP contribution in [0.25, 0.3) is 0 Å². The van der Waals surface area contributed by atoms with Crippen molar-refractivity contribution in [2.45, 2.75) is 19.3 Å². The van der Waals surface area contributed by atoms with Crippen molar-refractivity contribution in [1.82, 2.24) is 0 Å². The molecule has 0 aromatic heterocycles. The minimum Gasteiger partial charge on any atom is -0.281 e. The van der Waals surface area contributed by atoms with Crippen LogP contribution >= 0.6 is 39.1 Å². The quantitative estimate of drug-likeness (QED) is 0.757. The minimum atomic E-state index is -0.845. The van der Waals surface area contributed by atoms with Gasteiger partial charge in [-0.2, -0.15) is 0 Å². The topological polar surface area (TPSA) is 34.1 Å². The molecule has 0 aliphatic heterocycles. The highest BCUT2D eigenvalue weighted by Crippen LogP contribution is 2.23. The summed E-state index contributed by atoms with van der Waals surface area (Å²) in [6.07, 6.45) is 0.976. The van der Waals surface area contributed by atoms with Crippen molar-refractivity contribution in [2.75, 3.05) is 0 Å². The fraction of sp³-hybridized carbons (Fsp3) is 0.273. The van der Waals surface area contributed by atoms with Crippen LogP contribution in [0.4, 0.5) is 4.39 Å². The van der Waals surface area contributed by atoms with E-state index in [2.05, 4.69) is 15.9 Å². The molecule has 0 radical (unpaired) electrons. The van der Waals surface area contributed by atoms with Crippen LogP contribution in [0.5, 0.6) is 0 Å². The first kappa shape index (κ1) is 14.6. The summed E-state index contributed by atoms with van der Waals surface area (Å²) in [7, 11) is 0. The molecule has 1 aromatic carbocycles. The van der Waals surface area contributed by atoms with Crippen LogP contribution in [-0.4, -0.2) is 10.5 Å². The molecule has 6 heteroatoms. The summed E-state index contributed by atoms with van der Waals surface area (Å²) < 4.78 is 14.0. The lowest BCUT2D eigenvalue weighted by atomic mass is 10.0. The van der Waals surface area contributed by atoms with Gasteiger partial charge in [0.1, 0.15) is 5.82 Å². The molecule has 17 heavy (non-hydrogen) atoms. The summed E-state index contributed by atoms with van der Waals surface area (Å²) in [5, 5.41) is -1.30. The molecule has 0 fully saturated rings. The monoisotopic (exact) mass is 340 g/mol. The molecule has 0 bridgehead atoms. The predicted molar refractivity (Wildman–Crippen MR) is 68.1 cm³/mol. The summed E-state index contributed by atoms with van der Waals surface area (Å²) in [5.74, 6) is -0.674. The van der Waals surface area contributed by atoms with Crippen LogP contribution in [0.15, 0.2) is 16.6 Å². The standard InChI is InChI=1S/C11H8BrCl2FO2/c12-7-4-6(2-1-3-9(13)16)10(11(14)17)8(15)5-7/h4-5H,1-3H2. The number of hydrogen-bond donors (Lipinski definition) is 0. The molecule has 0 amide bonds. The number of halogens is 4. The van der Waals surface area contributed by atoms with E-state index in [-0.39, 0.29) is 12.0 Å². The summed E-state index contributed by atoms with van der Waals surface area (Å²) in [4.78, 5) is 21.7. The van der Waals surface area contributed by atoms with E-state index >= 15 is 0 Å². The summed E-state index contributed by atoms with van der Waals surface area (Å²) in [5.41, 5.74) is 0.326. The van der Waals surface area contributed by atoms with Gasteiger partial charge in [-0.3, -0.25) is 9.59 Å². The summed E-state index contributed by atoms with van der Waals surface area (Å²) in [6, 6.07) is 2.78. The van der Waals surface area contributed by atoms with Crippen LogP contribution in [0.3, 0.4) is 0 Å². The molecular weight excluding hydrogens is 334 g/mol. The lowest BCUT2D eigenvalue weighted by Crippen LogP contribution is -2.03. The average Bonchev–Trinajstić information content (AvgIpc) is 2.14.